The summed E-state index contributed by atoms with van der Waals surface area (Å²) in [6.07, 6.45) is 10.6. The molecule has 1 saturated heterocycles. The van der Waals surface area contributed by atoms with Crippen LogP contribution in [0.1, 0.15) is 85.5 Å². The van der Waals surface area contributed by atoms with Crippen molar-refractivity contribution < 1.29 is 14.0 Å². The zero-order valence-corrected chi connectivity index (χ0v) is 18.0. The highest BCUT2D eigenvalue weighted by Gasteiger charge is 2.41. The molecule has 0 aliphatic carbocycles. The van der Waals surface area contributed by atoms with E-state index in [1.165, 1.54) is 32.1 Å². The molecular weight excluding hydrogens is 316 g/mol. The van der Waals surface area contributed by atoms with Gasteiger partial charge in [-0.05, 0) is 43.8 Å². The van der Waals surface area contributed by atoms with Crippen LogP contribution in [0.4, 0.5) is 0 Å². The van der Waals surface area contributed by atoms with Gasteiger partial charge in [0.05, 0.1) is 5.92 Å². The molecule has 2 unspecified atom stereocenters. The van der Waals surface area contributed by atoms with Gasteiger partial charge in [-0.3, -0.25) is 4.79 Å². The smallest absolute Gasteiger partial charge is 0.313 e. The van der Waals surface area contributed by atoms with Crippen molar-refractivity contribution in [1.29, 1.82) is 0 Å². The van der Waals surface area contributed by atoms with Gasteiger partial charge >= 0.3 is 5.97 Å². The number of cyclic esters (lactones) is 1. The van der Waals surface area contributed by atoms with E-state index in [1.807, 2.05) is 0 Å². The summed E-state index contributed by atoms with van der Waals surface area (Å²) in [6.45, 7) is 14.6. The first-order chi connectivity index (χ1) is 11.2. The van der Waals surface area contributed by atoms with Crippen LogP contribution in [0.5, 0.6) is 0 Å². The number of hydrogen-bond acceptors (Lipinski definition) is 3. The van der Waals surface area contributed by atoms with Crippen LogP contribution in [0.15, 0.2) is 0 Å². The minimum atomic E-state index is -1.59. The maximum Gasteiger partial charge on any atom is 0.313 e. The van der Waals surface area contributed by atoms with Crippen molar-refractivity contribution in [2.45, 2.75) is 110 Å². The number of carbonyl (C=O) groups is 1. The summed E-state index contributed by atoms with van der Waals surface area (Å²) in [5.41, 5.74) is 0. The number of hydrogen-bond donors (Lipinski definition) is 0. The second kappa shape index (κ2) is 9.96. The Labute approximate surface area is 151 Å². The Morgan fingerprint density at radius 2 is 1.62 bits per heavy atom. The number of unbranched alkanes of at least 4 members (excludes halogenated alkanes) is 5. The van der Waals surface area contributed by atoms with E-state index in [1.54, 1.807) is 0 Å². The topological polar surface area (TPSA) is 35.5 Å². The van der Waals surface area contributed by atoms with Gasteiger partial charge in [0, 0.05) is 6.61 Å². The lowest BCUT2D eigenvalue weighted by Crippen LogP contribution is -2.44. The molecule has 1 heterocycles. The van der Waals surface area contributed by atoms with E-state index in [0.29, 0.717) is 0 Å². The minimum absolute atomic E-state index is 0.0396. The van der Waals surface area contributed by atoms with Gasteiger partial charge in [0.25, 0.3) is 0 Å². The van der Waals surface area contributed by atoms with Gasteiger partial charge in [0.15, 0.2) is 8.32 Å². The van der Waals surface area contributed by atoms with Crippen molar-refractivity contribution in [1.82, 2.24) is 0 Å². The van der Waals surface area contributed by atoms with Crippen LogP contribution in [0.2, 0.25) is 18.1 Å². The summed E-state index contributed by atoms with van der Waals surface area (Å²) in [5, 5.41) is 0.290. The molecule has 0 N–H and O–H groups in total. The van der Waals surface area contributed by atoms with Gasteiger partial charge in [-0.15, -0.1) is 0 Å². The van der Waals surface area contributed by atoms with Crippen LogP contribution < -0.4 is 0 Å². The molecule has 0 aromatic rings. The Morgan fingerprint density at radius 3 is 2.21 bits per heavy atom. The number of carbonyl (C=O) groups excluding carboxylic acids is 1. The molecule has 0 saturated carbocycles. The van der Waals surface area contributed by atoms with Crippen LogP contribution in [0.25, 0.3) is 0 Å². The Kier molecular flexibility index (Phi) is 9.00. The van der Waals surface area contributed by atoms with Crippen molar-refractivity contribution in [2.24, 2.45) is 5.92 Å². The summed E-state index contributed by atoms with van der Waals surface area (Å²) in [4.78, 5) is 11.6. The molecule has 1 fully saturated rings. The van der Waals surface area contributed by atoms with Crippen LogP contribution >= 0.6 is 0 Å². The normalized spacial score (nSPS) is 21.5. The average molecular weight is 357 g/mol. The second-order valence-corrected chi connectivity index (χ2v) is 13.7. The molecule has 24 heavy (non-hydrogen) atoms. The van der Waals surface area contributed by atoms with Crippen molar-refractivity contribution >= 4 is 14.3 Å². The predicted octanol–water partition coefficient (Wildman–Crippen LogP) is 6.08. The first kappa shape index (κ1) is 21.7. The maximum absolute atomic E-state index is 11.6. The molecule has 3 nitrogen and oxygen atoms in total. The highest BCUT2D eigenvalue weighted by Crippen LogP contribution is 2.36. The molecule has 0 spiro atoms. The largest absolute Gasteiger partial charge is 0.461 e. The third kappa shape index (κ3) is 6.87. The van der Waals surface area contributed by atoms with E-state index in [9.17, 15) is 4.79 Å². The predicted molar refractivity (Wildman–Crippen MR) is 104 cm³/mol. The van der Waals surface area contributed by atoms with E-state index in [2.05, 4.69) is 40.8 Å². The lowest BCUT2D eigenvalue weighted by Gasteiger charge is -2.36. The molecule has 0 amide bonds. The average Bonchev–Trinajstić information content (AvgIpc) is 2.48. The number of ether oxygens (including phenoxy) is 1. The SMILES string of the molecule is CCCCCCC1C(=O)OC1CCCCCO[Si](C)(C)C(C)(C)C. The van der Waals surface area contributed by atoms with Gasteiger partial charge in [-0.2, -0.15) is 0 Å². The van der Waals surface area contributed by atoms with Gasteiger partial charge in [-0.1, -0.05) is 59.8 Å². The highest BCUT2D eigenvalue weighted by molar-refractivity contribution is 6.74. The summed E-state index contributed by atoms with van der Waals surface area (Å²) < 4.78 is 11.6. The van der Waals surface area contributed by atoms with Crippen LogP contribution in [0.3, 0.4) is 0 Å². The van der Waals surface area contributed by atoms with E-state index in [4.69, 9.17) is 9.16 Å². The molecule has 4 heteroatoms. The van der Waals surface area contributed by atoms with E-state index < -0.39 is 8.32 Å². The Morgan fingerprint density at radius 1 is 1.00 bits per heavy atom. The monoisotopic (exact) mass is 356 g/mol. The molecular formula is C20H40O3Si. The zero-order valence-electron chi connectivity index (χ0n) is 17.0. The molecule has 0 aromatic carbocycles. The quantitative estimate of drug-likeness (QED) is 0.241. The molecule has 0 aromatic heterocycles. The van der Waals surface area contributed by atoms with Gasteiger partial charge in [0.2, 0.25) is 0 Å². The van der Waals surface area contributed by atoms with Crippen LogP contribution in [-0.2, 0) is 14.0 Å². The fraction of sp³-hybridized carbons (Fsp3) is 0.950. The molecule has 0 bridgehead atoms. The van der Waals surface area contributed by atoms with Crippen molar-refractivity contribution in [3.63, 3.8) is 0 Å². The first-order valence-corrected chi connectivity index (χ1v) is 12.9. The van der Waals surface area contributed by atoms with Crippen molar-refractivity contribution in [3.05, 3.63) is 0 Å². The van der Waals surface area contributed by atoms with Gasteiger partial charge in [-0.25, -0.2) is 0 Å². The molecule has 142 valence electrons. The summed E-state index contributed by atoms with van der Waals surface area (Å²) in [7, 11) is -1.59. The second-order valence-electron chi connectivity index (χ2n) is 8.89. The molecule has 1 rings (SSSR count). The molecule has 1 aliphatic heterocycles. The van der Waals surface area contributed by atoms with Crippen LogP contribution in [0, 0.1) is 5.92 Å². The van der Waals surface area contributed by atoms with Gasteiger partial charge in [0.1, 0.15) is 6.10 Å². The molecule has 2 atom stereocenters. The summed E-state index contributed by atoms with van der Waals surface area (Å²) in [6, 6.07) is 0. The molecule has 1 aliphatic rings. The molecule has 0 radical (unpaired) electrons. The minimum Gasteiger partial charge on any atom is -0.461 e. The number of esters is 1. The summed E-state index contributed by atoms with van der Waals surface area (Å²) >= 11 is 0. The van der Waals surface area contributed by atoms with E-state index in [0.717, 1.165) is 32.3 Å². The van der Waals surface area contributed by atoms with E-state index in [-0.39, 0.29) is 23.0 Å². The third-order valence-corrected chi connectivity index (χ3v) is 10.3. The fourth-order valence-corrected chi connectivity index (χ4v) is 4.01. The van der Waals surface area contributed by atoms with Crippen LogP contribution in [-0.4, -0.2) is 27.0 Å². The van der Waals surface area contributed by atoms with E-state index >= 15 is 0 Å². The maximum atomic E-state index is 11.6. The lowest BCUT2D eigenvalue weighted by molar-refractivity contribution is -0.186. The Bertz CT molecular complexity index is 374. The Balaban J connectivity index is 2.09. The lowest BCUT2D eigenvalue weighted by atomic mass is 9.87. The third-order valence-electron chi connectivity index (χ3n) is 5.79. The summed E-state index contributed by atoms with van der Waals surface area (Å²) in [5.74, 6) is 0.225. The standard InChI is InChI=1S/C20H40O3Si/c1-7-8-9-11-14-17-18(23-19(17)21)15-12-10-13-16-22-24(5,6)20(2,3)4/h17-18H,7-16H2,1-6H3. The fourth-order valence-electron chi connectivity index (χ4n) is 2.92. The van der Waals surface area contributed by atoms with Crippen molar-refractivity contribution in [3.8, 4) is 0 Å². The number of rotatable bonds is 12. The van der Waals surface area contributed by atoms with Crippen molar-refractivity contribution in [2.75, 3.05) is 6.61 Å². The first-order valence-electron chi connectivity index (χ1n) is 10.0. The van der Waals surface area contributed by atoms with Gasteiger partial charge < -0.3 is 9.16 Å². The Hall–Kier alpha value is -0.353. The highest BCUT2D eigenvalue weighted by atomic mass is 28.4. The zero-order chi connectivity index (χ0) is 18.2.